The Morgan fingerprint density at radius 2 is 2.00 bits per heavy atom. The number of hydrogen-bond acceptors (Lipinski definition) is 4. The predicted molar refractivity (Wildman–Crippen MR) is 60.7 cm³/mol. The van der Waals surface area contributed by atoms with Crippen LogP contribution in [0.2, 0.25) is 5.02 Å². The van der Waals surface area contributed by atoms with Crippen LogP contribution in [0.1, 0.15) is 15.9 Å². The molecule has 0 spiro atoms. The number of ether oxygens (including phenoxy) is 2. The van der Waals surface area contributed by atoms with Crippen LogP contribution in [-0.2, 0) is 6.42 Å². The number of hydrogen-bond donors (Lipinski definition) is 1. The van der Waals surface area contributed by atoms with Crippen molar-refractivity contribution >= 4 is 17.9 Å². The fourth-order valence-electron chi connectivity index (χ4n) is 1.52. The number of carbonyl (C=O) groups excluding carboxylic acids is 1. The Kier molecular flexibility index (Phi) is 4.58. The van der Waals surface area contributed by atoms with Crippen LogP contribution in [-0.4, -0.2) is 32.2 Å². The highest BCUT2D eigenvalue weighted by Gasteiger charge is 2.18. The molecule has 0 atom stereocenters. The quantitative estimate of drug-likeness (QED) is 0.801. The van der Waals surface area contributed by atoms with Gasteiger partial charge in [0.25, 0.3) is 0 Å². The largest absolute Gasteiger partial charge is 0.492 e. The summed E-state index contributed by atoms with van der Waals surface area (Å²) in [6.45, 7) is -0.0559. The SMILES string of the molecule is COc1c(C=O)cc(Cl)c(CCO)c1OC. The summed E-state index contributed by atoms with van der Waals surface area (Å²) in [5.41, 5.74) is 0.958. The first-order valence-corrected chi connectivity index (χ1v) is 5.06. The lowest BCUT2D eigenvalue weighted by atomic mass is 10.1. The molecule has 0 fully saturated rings. The zero-order chi connectivity index (χ0) is 12.1. The highest BCUT2D eigenvalue weighted by atomic mass is 35.5. The van der Waals surface area contributed by atoms with E-state index >= 15 is 0 Å². The van der Waals surface area contributed by atoms with Crippen LogP contribution in [0.4, 0.5) is 0 Å². The van der Waals surface area contributed by atoms with Crippen molar-refractivity contribution in [1.29, 1.82) is 0 Å². The monoisotopic (exact) mass is 244 g/mol. The molecular weight excluding hydrogens is 232 g/mol. The molecule has 0 unspecified atom stereocenters. The predicted octanol–water partition coefficient (Wildman–Crippen LogP) is 1.70. The molecule has 1 aromatic carbocycles. The van der Waals surface area contributed by atoms with Gasteiger partial charge >= 0.3 is 0 Å². The van der Waals surface area contributed by atoms with Gasteiger partial charge in [-0.25, -0.2) is 0 Å². The average molecular weight is 245 g/mol. The van der Waals surface area contributed by atoms with Crippen molar-refractivity contribution in [2.24, 2.45) is 0 Å². The summed E-state index contributed by atoms with van der Waals surface area (Å²) in [4.78, 5) is 10.8. The molecule has 0 aliphatic heterocycles. The highest BCUT2D eigenvalue weighted by molar-refractivity contribution is 6.32. The Bertz CT molecular complexity index is 390. The van der Waals surface area contributed by atoms with Crippen molar-refractivity contribution in [3.8, 4) is 11.5 Å². The van der Waals surface area contributed by atoms with E-state index in [1.165, 1.54) is 20.3 Å². The molecule has 0 heterocycles. The molecule has 1 N–H and O–H groups in total. The second-order valence-electron chi connectivity index (χ2n) is 3.08. The third kappa shape index (κ3) is 2.28. The van der Waals surface area contributed by atoms with Gasteiger partial charge in [-0.2, -0.15) is 0 Å². The maximum absolute atomic E-state index is 10.8. The Morgan fingerprint density at radius 3 is 2.44 bits per heavy atom. The zero-order valence-electron chi connectivity index (χ0n) is 9.12. The summed E-state index contributed by atoms with van der Waals surface area (Å²) in [5.74, 6) is 0.733. The highest BCUT2D eigenvalue weighted by Crippen LogP contribution is 2.38. The lowest BCUT2D eigenvalue weighted by molar-refractivity contribution is 0.112. The summed E-state index contributed by atoms with van der Waals surface area (Å²) in [7, 11) is 2.91. The number of aliphatic hydroxyl groups excluding tert-OH is 1. The Labute approximate surface area is 98.7 Å². The molecule has 88 valence electrons. The van der Waals surface area contributed by atoms with Gasteiger partial charge in [0.1, 0.15) is 0 Å². The summed E-state index contributed by atoms with van der Waals surface area (Å²) >= 11 is 5.99. The molecule has 0 aromatic heterocycles. The first-order chi connectivity index (χ1) is 7.69. The van der Waals surface area contributed by atoms with E-state index in [0.717, 1.165) is 0 Å². The van der Waals surface area contributed by atoms with E-state index in [1.54, 1.807) is 0 Å². The fourth-order valence-corrected chi connectivity index (χ4v) is 1.82. The van der Waals surface area contributed by atoms with Crippen LogP contribution >= 0.6 is 11.6 Å². The molecule has 0 saturated heterocycles. The van der Waals surface area contributed by atoms with Gasteiger partial charge in [-0.15, -0.1) is 0 Å². The van der Waals surface area contributed by atoms with Crippen molar-refractivity contribution < 1.29 is 19.4 Å². The second-order valence-corrected chi connectivity index (χ2v) is 3.49. The molecular formula is C11H13ClO4. The van der Waals surface area contributed by atoms with Gasteiger partial charge in [0.2, 0.25) is 0 Å². The zero-order valence-corrected chi connectivity index (χ0v) is 9.87. The molecule has 0 saturated carbocycles. The topological polar surface area (TPSA) is 55.8 Å². The van der Waals surface area contributed by atoms with Crippen molar-refractivity contribution in [3.05, 3.63) is 22.2 Å². The normalized spacial score (nSPS) is 10.0. The van der Waals surface area contributed by atoms with Crippen LogP contribution < -0.4 is 9.47 Å². The Balaban J connectivity index is 3.44. The fraction of sp³-hybridized carbons (Fsp3) is 0.364. The van der Waals surface area contributed by atoms with Gasteiger partial charge in [-0.1, -0.05) is 11.6 Å². The van der Waals surface area contributed by atoms with Gasteiger partial charge in [-0.3, -0.25) is 4.79 Å². The minimum absolute atomic E-state index is 0.0559. The van der Waals surface area contributed by atoms with E-state index < -0.39 is 0 Å². The van der Waals surface area contributed by atoms with Gasteiger partial charge in [0.15, 0.2) is 17.8 Å². The molecule has 1 aromatic rings. The number of aliphatic hydroxyl groups is 1. The summed E-state index contributed by atoms with van der Waals surface area (Å²) < 4.78 is 10.3. The molecule has 0 radical (unpaired) electrons. The summed E-state index contributed by atoms with van der Waals surface area (Å²) in [6, 6.07) is 1.50. The van der Waals surface area contributed by atoms with Crippen molar-refractivity contribution in [3.63, 3.8) is 0 Å². The van der Waals surface area contributed by atoms with Crippen LogP contribution in [0, 0.1) is 0 Å². The van der Waals surface area contributed by atoms with E-state index in [-0.39, 0.29) is 6.61 Å². The van der Waals surface area contributed by atoms with Gasteiger partial charge < -0.3 is 14.6 Å². The average Bonchev–Trinajstić information content (AvgIpc) is 2.30. The van der Waals surface area contributed by atoms with Crippen LogP contribution in [0.15, 0.2) is 6.07 Å². The second kappa shape index (κ2) is 5.72. The lowest BCUT2D eigenvalue weighted by Crippen LogP contribution is -2.02. The minimum atomic E-state index is -0.0559. The minimum Gasteiger partial charge on any atom is -0.492 e. The standard InChI is InChI=1S/C11H13ClO4/c1-15-10-7(6-14)5-9(12)8(3-4-13)11(10)16-2/h5-6,13H,3-4H2,1-2H3. The molecule has 0 aliphatic rings. The number of halogens is 1. The van der Waals surface area contributed by atoms with Gasteiger partial charge in [-0.05, 0) is 6.07 Å². The van der Waals surface area contributed by atoms with E-state index in [0.29, 0.717) is 40.4 Å². The molecule has 0 aliphatic carbocycles. The van der Waals surface area contributed by atoms with Crippen LogP contribution in [0.25, 0.3) is 0 Å². The Hall–Kier alpha value is -1.26. The summed E-state index contributed by atoms with van der Waals surface area (Å²) in [6.07, 6.45) is 0.994. The molecule has 16 heavy (non-hydrogen) atoms. The van der Waals surface area contributed by atoms with Gasteiger partial charge in [0, 0.05) is 23.6 Å². The number of carbonyl (C=O) groups is 1. The molecule has 1 rings (SSSR count). The third-order valence-electron chi connectivity index (χ3n) is 2.21. The lowest BCUT2D eigenvalue weighted by Gasteiger charge is -2.15. The van der Waals surface area contributed by atoms with Crippen LogP contribution in [0.5, 0.6) is 11.5 Å². The maximum Gasteiger partial charge on any atom is 0.171 e. The molecule has 0 bridgehead atoms. The van der Waals surface area contributed by atoms with Crippen molar-refractivity contribution in [2.75, 3.05) is 20.8 Å². The van der Waals surface area contributed by atoms with E-state index in [1.807, 2.05) is 0 Å². The van der Waals surface area contributed by atoms with Crippen LogP contribution in [0.3, 0.4) is 0 Å². The first kappa shape index (κ1) is 12.8. The number of methoxy groups -OCH3 is 2. The third-order valence-corrected chi connectivity index (χ3v) is 2.55. The van der Waals surface area contributed by atoms with E-state index in [9.17, 15) is 4.79 Å². The van der Waals surface area contributed by atoms with Crippen molar-refractivity contribution in [1.82, 2.24) is 0 Å². The van der Waals surface area contributed by atoms with E-state index in [4.69, 9.17) is 26.2 Å². The van der Waals surface area contributed by atoms with E-state index in [2.05, 4.69) is 0 Å². The first-order valence-electron chi connectivity index (χ1n) is 4.69. The maximum atomic E-state index is 10.8. The number of benzene rings is 1. The smallest absolute Gasteiger partial charge is 0.171 e. The Morgan fingerprint density at radius 1 is 1.38 bits per heavy atom. The van der Waals surface area contributed by atoms with Crippen molar-refractivity contribution in [2.45, 2.75) is 6.42 Å². The van der Waals surface area contributed by atoms with Gasteiger partial charge in [0.05, 0.1) is 19.8 Å². The molecule has 4 nitrogen and oxygen atoms in total. The summed E-state index contributed by atoms with van der Waals surface area (Å²) in [5, 5.41) is 9.31. The molecule has 5 heteroatoms. The number of aldehydes is 1. The number of rotatable bonds is 5. The molecule has 0 amide bonds.